The van der Waals surface area contributed by atoms with Crippen molar-refractivity contribution in [2.24, 2.45) is 5.92 Å². The molecule has 20 heavy (non-hydrogen) atoms. The first-order valence-electron chi connectivity index (χ1n) is 7.14. The number of hydrogen-bond acceptors (Lipinski definition) is 3. The third-order valence-corrected chi connectivity index (χ3v) is 3.88. The Bertz CT molecular complexity index is 394. The molecule has 2 saturated heterocycles. The van der Waals surface area contributed by atoms with Crippen molar-refractivity contribution in [3.63, 3.8) is 0 Å². The van der Waals surface area contributed by atoms with Crippen molar-refractivity contribution in [3.8, 4) is 0 Å². The lowest BCUT2D eigenvalue weighted by molar-refractivity contribution is -0.128. The molecule has 2 rings (SSSR count). The molecule has 0 aromatic heterocycles. The topological polar surface area (TPSA) is 49.9 Å². The van der Waals surface area contributed by atoms with Crippen LogP contribution in [0, 0.1) is 5.92 Å². The van der Waals surface area contributed by atoms with Gasteiger partial charge >= 0.3 is 6.09 Å². The number of hydrogen-bond donors (Lipinski definition) is 0. The minimum Gasteiger partial charge on any atom is -0.444 e. The van der Waals surface area contributed by atoms with Crippen LogP contribution >= 0.6 is 11.6 Å². The van der Waals surface area contributed by atoms with Crippen molar-refractivity contribution in [1.29, 1.82) is 0 Å². The second-order valence-electron chi connectivity index (χ2n) is 6.68. The molecule has 2 aliphatic rings. The monoisotopic (exact) mass is 302 g/mol. The number of alkyl halides is 1. The third-order valence-electron chi connectivity index (χ3n) is 3.58. The van der Waals surface area contributed by atoms with E-state index in [-0.39, 0.29) is 17.4 Å². The Morgan fingerprint density at radius 2 is 2.10 bits per heavy atom. The van der Waals surface area contributed by atoms with Gasteiger partial charge in [0.25, 0.3) is 0 Å². The van der Waals surface area contributed by atoms with Crippen molar-refractivity contribution in [2.75, 3.05) is 26.2 Å². The summed E-state index contributed by atoms with van der Waals surface area (Å²) in [6.45, 7) is 8.27. The molecule has 2 unspecified atom stereocenters. The lowest BCUT2D eigenvalue weighted by atomic mass is 10.1. The van der Waals surface area contributed by atoms with Gasteiger partial charge in [0.05, 0.1) is 5.38 Å². The fourth-order valence-corrected chi connectivity index (χ4v) is 2.98. The Morgan fingerprint density at radius 3 is 2.65 bits per heavy atom. The van der Waals surface area contributed by atoms with Crippen LogP contribution in [0.1, 0.15) is 33.6 Å². The van der Waals surface area contributed by atoms with Gasteiger partial charge in [-0.05, 0) is 33.1 Å². The van der Waals surface area contributed by atoms with Crippen molar-refractivity contribution >= 4 is 23.6 Å². The van der Waals surface area contributed by atoms with Gasteiger partial charge in [0.15, 0.2) is 0 Å². The quantitative estimate of drug-likeness (QED) is 0.734. The molecule has 2 atom stereocenters. The van der Waals surface area contributed by atoms with Gasteiger partial charge in [-0.3, -0.25) is 4.79 Å². The van der Waals surface area contributed by atoms with Crippen LogP contribution in [0.25, 0.3) is 0 Å². The minimum absolute atomic E-state index is 0.0640. The number of rotatable bonds is 2. The van der Waals surface area contributed by atoms with E-state index in [1.165, 1.54) is 0 Å². The molecule has 2 amide bonds. The van der Waals surface area contributed by atoms with Crippen LogP contribution in [0.5, 0.6) is 0 Å². The average Bonchev–Trinajstić information content (AvgIpc) is 2.85. The molecule has 0 aliphatic carbocycles. The molecule has 0 N–H and O–H groups in total. The molecule has 5 nitrogen and oxygen atoms in total. The summed E-state index contributed by atoms with van der Waals surface area (Å²) in [6, 6.07) is 0. The molecule has 114 valence electrons. The van der Waals surface area contributed by atoms with Gasteiger partial charge < -0.3 is 14.5 Å². The fourth-order valence-electron chi connectivity index (χ4n) is 2.69. The largest absolute Gasteiger partial charge is 0.444 e. The zero-order valence-electron chi connectivity index (χ0n) is 12.4. The van der Waals surface area contributed by atoms with E-state index in [2.05, 4.69) is 0 Å². The third kappa shape index (κ3) is 4.01. The first-order valence-corrected chi connectivity index (χ1v) is 7.58. The predicted octanol–water partition coefficient (Wildman–Crippen LogP) is 2.08. The van der Waals surface area contributed by atoms with E-state index in [1.807, 2.05) is 25.7 Å². The highest BCUT2D eigenvalue weighted by molar-refractivity contribution is 6.22. The molecule has 0 aromatic rings. The second-order valence-corrected chi connectivity index (χ2v) is 7.30. The molecule has 0 saturated carbocycles. The van der Waals surface area contributed by atoms with Crippen molar-refractivity contribution < 1.29 is 14.3 Å². The van der Waals surface area contributed by atoms with Crippen LogP contribution in [0.2, 0.25) is 0 Å². The SMILES string of the molecule is CC(C)(C)OC(=O)N1CCC(CN2CC(Cl)CC2=O)C1. The Kier molecular flexibility index (Phi) is 4.47. The van der Waals surface area contributed by atoms with Gasteiger partial charge in [-0.1, -0.05) is 0 Å². The van der Waals surface area contributed by atoms with Crippen LogP contribution < -0.4 is 0 Å². The number of likely N-dealkylation sites (tertiary alicyclic amines) is 2. The highest BCUT2D eigenvalue weighted by Gasteiger charge is 2.34. The van der Waals surface area contributed by atoms with Crippen molar-refractivity contribution in [2.45, 2.75) is 44.6 Å². The first kappa shape index (κ1) is 15.4. The first-order chi connectivity index (χ1) is 9.24. The van der Waals surface area contributed by atoms with Crippen LogP contribution in [-0.4, -0.2) is 59.0 Å². The summed E-state index contributed by atoms with van der Waals surface area (Å²) in [5.41, 5.74) is -0.466. The molecule has 0 aromatic carbocycles. The number of ether oxygens (including phenoxy) is 1. The van der Waals surface area contributed by atoms with Crippen LogP contribution in [-0.2, 0) is 9.53 Å². The number of nitrogens with zero attached hydrogens (tertiary/aromatic N) is 2. The number of halogens is 1. The molecule has 0 spiro atoms. The van der Waals surface area contributed by atoms with Crippen LogP contribution in [0.15, 0.2) is 0 Å². The van der Waals surface area contributed by atoms with Gasteiger partial charge in [0.1, 0.15) is 5.60 Å². The molecular formula is C14H23ClN2O3. The zero-order valence-corrected chi connectivity index (χ0v) is 13.2. The molecule has 2 aliphatic heterocycles. The summed E-state index contributed by atoms with van der Waals surface area (Å²) in [5, 5.41) is -0.0640. The van der Waals surface area contributed by atoms with Crippen molar-refractivity contribution in [1.82, 2.24) is 9.80 Å². The zero-order chi connectivity index (χ0) is 14.9. The minimum atomic E-state index is -0.466. The smallest absolute Gasteiger partial charge is 0.410 e. The van der Waals surface area contributed by atoms with Crippen molar-refractivity contribution in [3.05, 3.63) is 0 Å². The number of carbonyl (C=O) groups excluding carboxylic acids is 2. The van der Waals surface area contributed by atoms with Gasteiger partial charge in [0, 0.05) is 32.6 Å². The standard InChI is InChI=1S/C14H23ClN2O3/c1-14(2,3)20-13(19)16-5-4-10(7-16)8-17-9-11(15)6-12(17)18/h10-11H,4-9H2,1-3H3. The maximum Gasteiger partial charge on any atom is 0.410 e. The molecule has 6 heteroatoms. The molecular weight excluding hydrogens is 280 g/mol. The number of amides is 2. The Balaban J connectivity index is 1.81. The highest BCUT2D eigenvalue weighted by atomic mass is 35.5. The molecule has 0 radical (unpaired) electrons. The van der Waals surface area contributed by atoms with E-state index in [4.69, 9.17) is 16.3 Å². The van der Waals surface area contributed by atoms with Crippen LogP contribution in [0.3, 0.4) is 0 Å². The summed E-state index contributed by atoms with van der Waals surface area (Å²) >= 11 is 5.99. The van der Waals surface area contributed by atoms with Gasteiger partial charge in [0.2, 0.25) is 5.91 Å². The fraction of sp³-hybridized carbons (Fsp3) is 0.857. The lowest BCUT2D eigenvalue weighted by Crippen LogP contribution is -2.37. The maximum atomic E-state index is 12.0. The number of carbonyl (C=O) groups is 2. The maximum absolute atomic E-state index is 12.0. The second kappa shape index (κ2) is 5.80. The summed E-state index contributed by atoms with van der Waals surface area (Å²) in [6.07, 6.45) is 1.09. The van der Waals surface area contributed by atoms with Gasteiger partial charge in [-0.2, -0.15) is 0 Å². The lowest BCUT2D eigenvalue weighted by Gasteiger charge is -2.25. The van der Waals surface area contributed by atoms with E-state index in [0.717, 1.165) is 6.42 Å². The summed E-state index contributed by atoms with van der Waals surface area (Å²) in [4.78, 5) is 27.2. The Morgan fingerprint density at radius 1 is 1.40 bits per heavy atom. The summed E-state index contributed by atoms with van der Waals surface area (Å²) in [5.74, 6) is 0.453. The molecule has 2 heterocycles. The molecule has 2 fully saturated rings. The van der Waals surface area contributed by atoms with E-state index >= 15 is 0 Å². The predicted molar refractivity (Wildman–Crippen MR) is 76.8 cm³/mol. The van der Waals surface area contributed by atoms with Gasteiger partial charge in [-0.15, -0.1) is 11.6 Å². The Hall–Kier alpha value is -0.970. The van der Waals surface area contributed by atoms with Crippen LogP contribution in [0.4, 0.5) is 4.79 Å². The van der Waals surface area contributed by atoms with E-state index < -0.39 is 5.60 Å². The summed E-state index contributed by atoms with van der Waals surface area (Å²) in [7, 11) is 0. The normalized spacial score (nSPS) is 27.3. The highest BCUT2D eigenvalue weighted by Crippen LogP contribution is 2.23. The van der Waals surface area contributed by atoms with E-state index in [9.17, 15) is 9.59 Å². The summed E-state index contributed by atoms with van der Waals surface area (Å²) < 4.78 is 5.36. The van der Waals surface area contributed by atoms with Gasteiger partial charge in [-0.25, -0.2) is 4.79 Å². The Labute approximate surface area is 125 Å². The average molecular weight is 303 g/mol. The van der Waals surface area contributed by atoms with E-state index in [0.29, 0.717) is 38.5 Å². The van der Waals surface area contributed by atoms with E-state index in [1.54, 1.807) is 4.90 Å². The molecule has 0 bridgehead atoms.